The topological polar surface area (TPSA) is 20.2 Å². The van der Waals surface area contributed by atoms with Gasteiger partial charge in [0, 0.05) is 37.2 Å². The Morgan fingerprint density at radius 3 is 1.25 bits per heavy atom. The largest absolute Gasteiger partial charge is 0.393 e. The lowest BCUT2D eigenvalue weighted by Gasteiger charge is -2.04. The summed E-state index contributed by atoms with van der Waals surface area (Å²) in [6, 6.07) is 0. The van der Waals surface area contributed by atoms with Gasteiger partial charge in [-0.05, 0) is 12.8 Å². The van der Waals surface area contributed by atoms with Gasteiger partial charge in [0.05, 0.1) is 6.10 Å². The molecule has 3 heteroatoms. The minimum Gasteiger partial charge on any atom is -0.393 e. The smallest absolute Gasteiger partial charge is 0.0535 e. The van der Waals surface area contributed by atoms with E-state index < -0.39 is 0 Å². The van der Waals surface area contributed by atoms with Gasteiger partial charge in [-0.3, -0.25) is 0 Å². The SMILES string of the molecule is CC(C)C(C)O.II. The second-order valence-electron chi connectivity index (χ2n) is 1.98. The van der Waals surface area contributed by atoms with Gasteiger partial charge < -0.3 is 5.11 Å². The van der Waals surface area contributed by atoms with Crippen molar-refractivity contribution >= 4 is 37.2 Å². The fourth-order valence-electron chi connectivity index (χ4n) is 0. The molecule has 0 aromatic rings. The minimum atomic E-state index is -0.148. The summed E-state index contributed by atoms with van der Waals surface area (Å²) >= 11 is 4.24. The van der Waals surface area contributed by atoms with Crippen molar-refractivity contribution in [2.24, 2.45) is 5.92 Å². The lowest BCUT2D eigenvalue weighted by molar-refractivity contribution is 0.144. The second kappa shape index (κ2) is 8.42. The van der Waals surface area contributed by atoms with Gasteiger partial charge in [-0.1, -0.05) is 13.8 Å². The summed E-state index contributed by atoms with van der Waals surface area (Å²) in [6.45, 7) is 5.78. The molecule has 0 spiro atoms. The van der Waals surface area contributed by atoms with Crippen LogP contribution in [0.4, 0.5) is 0 Å². The second-order valence-corrected chi connectivity index (χ2v) is 1.98. The summed E-state index contributed by atoms with van der Waals surface area (Å²) in [4.78, 5) is 0. The number of hydrogen-bond donors (Lipinski definition) is 1. The zero-order valence-corrected chi connectivity index (χ0v) is 9.67. The summed E-state index contributed by atoms with van der Waals surface area (Å²) < 4.78 is 0. The first-order valence-corrected chi connectivity index (χ1v) is 8.75. The summed E-state index contributed by atoms with van der Waals surface area (Å²) in [7, 11) is 0. The number of aliphatic hydroxyl groups excluding tert-OH is 1. The summed E-state index contributed by atoms with van der Waals surface area (Å²) in [6.07, 6.45) is -0.148. The monoisotopic (exact) mass is 342 g/mol. The molecule has 52 valence electrons. The Bertz CT molecular complexity index is 31.4. The maximum atomic E-state index is 8.63. The molecule has 1 atom stereocenters. The van der Waals surface area contributed by atoms with Crippen molar-refractivity contribution in [1.29, 1.82) is 0 Å². The Hall–Kier alpha value is 1.42. The molecule has 0 radical (unpaired) electrons. The quantitative estimate of drug-likeness (QED) is 0.727. The predicted octanol–water partition coefficient (Wildman–Crippen LogP) is 2.79. The molecule has 0 aromatic carbocycles. The van der Waals surface area contributed by atoms with E-state index in [0.717, 1.165) is 0 Å². The Balaban J connectivity index is 0. The number of hydrogen-bond acceptors (Lipinski definition) is 1. The summed E-state index contributed by atoms with van der Waals surface area (Å²) in [5, 5.41) is 8.63. The molecule has 0 heterocycles. The molecule has 1 N–H and O–H groups in total. The highest BCUT2D eigenvalue weighted by Crippen LogP contribution is 1.96. The van der Waals surface area contributed by atoms with E-state index in [9.17, 15) is 0 Å². The van der Waals surface area contributed by atoms with Crippen LogP contribution in [-0.4, -0.2) is 11.2 Å². The van der Waals surface area contributed by atoms with E-state index in [2.05, 4.69) is 37.2 Å². The molecule has 0 bridgehead atoms. The highest BCUT2D eigenvalue weighted by molar-refractivity contribution is 15.0. The number of aliphatic hydroxyl groups is 1. The van der Waals surface area contributed by atoms with E-state index >= 15 is 0 Å². The number of rotatable bonds is 1. The van der Waals surface area contributed by atoms with Gasteiger partial charge in [0.1, 0.15) is 0 Å². The molecular formula is C5H12I2O. The third-order valence-corrected chi connectivity index (χ3v) is 0.965. The van der Waals surface area contributed by atoms with Gasteiger partial charge in [0.25, 0.3) is 0 Å². The fraction of sp³-hybridized carbons (Fsp3) is 1.00. The summed E-state index contributed by atoms with van der Waals surface area (Å²) in [5.41, 5.74) is 0. The van der Waals surface area contributed by atoms with Gasteiger partial charge in [-0.25, -0.2) is 0 Å². The van der Waals surface area contributed by atoms with E-state index in [-0.39, 0.29) is 6.10 Å². The van der Waals surface area contributed by atoms with E-state index in [4.69, 9.17) is 5.11 Å². The van der Waals surface area contributed by atoms with Crippen LogP contribution in [0.15, 0.2) is 0 Å². The molecule has 8 heavy (non-hydrogen) atoms. The molecule has 0 aliphatic rings. The van der Waals surface area contributed by atoms with Crippen molar-refractivity contribution in [2.45, 2.75) is 26.9 Å². The predicted molar refractivity (Wildman–Crippen MR) is 54.6 cm³/mol. The van der Waals surface area contributed by atoms with Gasteiger partial charge in [0.2, 0.25) is 0 Å². The third-order valence-electron chi connectivity index (χ3n) is 0.965. The average Bonchev–Trinajstić information content (AvgIpc) is 1.72. The van der Waals surface area contributed by atoms with Crippen LogP contribution < -0.4 is 0 Å². The van der Waals surface area contributed by atoms with Crippen LogP contribution in [-0.2, 0) is 0 Å². The molecule has 0 amide bonds. The van der Waals surface area contributed by atoms with Gasteiger partial charge in [-0.15, -0.1) is 0 Å². The highest BCUT2D eigenvalue weighted by atomic mass is 128. The van der Waals surface area contributed by atoms with Crippen molar-refractivity contribution < 1.29 is 5.11 Å². The van der Waals surface area contributed by atoms with Crippen LogP contribution in [0.1, 0.15) is 20.8 Å². The van der Waals surface area contributed by atoms with Crippen LogP contribution >= 0.6 is 37.2 Å². The van der Waals surface area contributed by atoms with Crippen LogP contribution in [0.5, 0.6) is 0 Å². The van der Waals surface area contributed by atoms with Crippen molar-refractivity contribution in [1.82, 2.24) is 0 Å². The van der Waals surface area contributed by atoms with Crippen molar-refractivity contribution in [3.63, 3.8) is 0 Å². The Morgan fingerprint density at radius 1 is 1.12 bits per heavy atom. The van der Waals surface area contributed by atoms with Crippen LogP contribution in [0.3, 0.4) is 0 Å². The maximum Gasteiger partial charge on any atom is 0.0535 e. The Kier molecular flexibility index (Phi) is 12.8. The zero-order chi connectivity index (χ0) is 7.15. The van der Waals surface area contributed by atoms with Gasteiger partial charge in [-0.2, -0.15) is 0 Å². The highest BCUT2D eigenvalue weighted by Gasteiger charge is 1.97. The van der Waals surface area contributed by atoms with Crippen LogP contribution in [0.25, 0.3) is 0 Å². The molecule has 1 unspecified atom stereocenters. The lowest BCUT2D eigenvalue weighted by Crippen LogP contribution is -2.07. The standard InChI is InChI=1S/C5H12O.I2/c1-4(2)5(3)6;1-2/h4-6H,1-3H3;. The van der Waals surface area contributed by atoms with Crippen molar-refractivity contribution in [3.8, 4) is 0 Å². The van der Waals surface area contributed by atoms with E-state index in [1.165, 1.54) is 0 Å². The molecule has 0 aliphatic carbocycles. The van der Waals surface area contributed by atoms with Gasteiger partial charge in [0.15, 0.2) is 0 Å². The molecule has 0 aromatic heterocycles. The molecular weight excluding hydrogens is 330 g/mol. The Morgan fingerprint density at radius 2 is 1.25 bits per heavy atom. The van der Waals surface area contributed by atoms with Crippen LogP contribution in [0, 0.1) is 5.92 Å². The van der Waals surface area contributed by atoms with Crippen LogP contribution in [0.2, 0.25) is 0 Å². The normalized spacial score (nSPS) is 12.4. The fourth-order valence-corrected chi connectivity index (χ4v) is 0. The van der Waals surface area contributed by atoms with E-state index in [1.54, 1.807) is 6.92 Å². The molecule has 1 nitrogen and oxygen atoms in total. The molecule has 0 aliphatic heterocycles. The average molecular weight is 342 g/mol. The first-order chi connectivity index (χ1) is 3.64. The molecule has 0 fully saturated rings. The van der Waals surface area contributed by atoms with Gasteiger partial charge >= 0.3 is 0 Å². The zero-order valence-electron chi connectivity index (χ0n) is 5.36. The van der Waals surface area contributed by atoms with E-state index in [0.29, 0.717) is 5.92 Å². The van der Waals surface area contributed by atoms with Crippen molar-refractivity contribution in [3.05, 3.63) is 0 Å². The number of halogens is 2. The maximum absolute atomic E-state index is 8.63. The molecule has 0 rings (SSSR count). The first kappa shape index (κ1) is 12.1. The van der Waals surface area contributed by atoms with E-state index in [1.807, 2.05) is 13.8 Å². The molecule has 0 saturated heterocycles. The Labute approximate surface area is 74.6 Å². The molecule has 0 saturated carbocycles. The summed E-state index contributed by atoms with van der Waals surface area (Å²) in [5.74, 6) is 0.407. The lowest BCUT2D eigenvalue weighted by atomic mass is 10.1. The minimum absolute atomic E-state index is 0.148. The third kappa shape index (κ3) is 10.4. The van der Waals surface area contributed by atoms with Crippen molar-refractivity contribution in [2.75, 3.05) is 0 Å². The first-order valence-electron chi connectivity index (χ1n) is 2.47.